The highest BCUT2D eigenvalue weighted by Gasteiger charge is 2.22. The number of hydrogen-bond acceptors (Lipinski definition) is 3. The molecule has 1 atom stereocenters. The summed E-state index contributed by atoms with van der Waals surface area (Å²) in [7, 11) is 0. The molecular formula is C16H15ClN2OS. The SMILES string of the molecule is N=C(N)c1ccc(OCC2Cc3ccccc3S2)cc1Cl. The number of hydrogen-bond donors (Lipinski definition) is 2. The molecule has 2 aromatic rings. The molecule has 0 saturated heterocycles. The van der Waals surface area contributed by atoms with E-state index in [1.165, 1.54) is 10.5 Å². The summed E-state index contributed by atoms with van der Waals surface area (Å²) in [6, 6.07) is 13.7. The van der Waals surface area contributed by atoms with Gasteiger partial charge in [-0.2, -0.15) is 0 Å². The van der Waals surface area contributed by atoms with Crippen LogP contribution < -0.4 is 10.5 Å². The number of benzene rings is 2. The maximum atomic E-state index is 7.41. The first-order chi connectivity index (χ1) is 10.1. The Bertz CT molecular complexity index is 665. The third-order valence-corrected chi connectivity index (χ3v) is 4.98. The fourth-order valence-corrected chi connectivity index (χ4v) is 3.83. The maximum absolute atomic E-state index is 7.41. The van der Waals surface area contributed by atoms with E-state index in [-0.39, 0.29) is 5.84 Å². The van der Waals surface area contributed by atoms with Crippen LogP contribution in [-0.2, 0) is 6.42 Å². The van der Waals surface area contributed by atoms with E-state index in [2.05, 4.69) is 24.3 Å². The van der Waals surface area contributed by atoms with Gasteiger partial charge in [0, 0.05) is 15.7 Å². The van der Waals surface area contributed by atoms with Crippen molar-refractivity contribution in [2.24, 2.45) is 5.73 Å². The van der Waals surface area contributed by atoms with Crippen LogP contribution in [0.4, 0.5) is 0 Å². The standard InChI is InChI=1S/C16H15ClN2OS/c17-14-8-11(5-6-13(14)16(18)19)20-9-12-7-10-3-1-2-4-15(10)21-12/h1-6,8,12H,7,9H2,(H3,18,19). The zero-order chi connectivity index (χ0) is 14.8. The first kappa shape index (κ1) is 14.3. The number of halogens is 1. The van der Waals surface area contributed by atoms with E-state index >= 15 is 0 Å². The number of ether oxygens (including phenoxy) is 1. The minimum atomic E-state index is -0.0339. The summed E-state index contributed by atoms with van der Waals surface area (Å²) in [5, 5.41) is 8.28. The lowest BCUT2D eigenvalue weighted by Gasteiger charge is -2.12. The van der Waals surface area contributed by atoms with Gasteiger partial charge >= 0.3 is 0 Å². The van der Waals surface area contributed by atoms with E-state index in [4.69, 9.17) is 27.5 Å². The van der Waals surface area contributed by atoms with Crippen molar-refractivity contribution in [3.63, 3.8) is 0 Å². The molecule has 1 unspecified atom stereocenters. The molecule has 108 valence electrons. The summed E-state index contributed by atoms with van der Waals surface area (Å²) in [6.45, 7) is 0.634. The van der Waals surface area contributed by atoms with Crippen LogP contribution in [0, 0.1) is 5.41 Å². The number of rotatable bonds is 4. The van der Waals surface area contributed by atoms with Crippen LogP contribution in [0.1, 0.15) is 11.1 Å². The van der Waals surface area contributed by atoms with Crippen LogP contribution in [0.25, 0.3) is 0 Å². The van der Waals surface area contributed by atoms with Crippen molar-refractivity contribution >= 4 is 29.2 Å². The predicted molar refractivity (Wildman–Crippen MR) is 87.8 cm³/mol. The van der Waals surface area contributed by atoms with Gasteiger partial charge in [0.1, 0.15) is 18.2 Å². The van der Waals surface area contributed by atoms with Gasteiger partial charge in [0.25, 0.3) is 0 Å². The molecule has 0 aliphatic carbocycles. The Morgan fingerprint density at radius 2 is 2.14 bits per heavy atom. The Balaban J connectivity index is 1.62. The first-order valence-electron chi connectivity index (χ1n) is 6.65. The molecule has 2 aromatic carbocycles. The second-order valence-electron chi connectivity index (χ2n) is 4.92. The minimum Gasteiger partial charge on any atom is -0.492 e. The Labute approximate surface area is 133 Å². The van der Waals surface area contributed by atoms with Gasteiger partial charge in [-0.1, -0.05) is 29.8 Å². The largest absolute Gasteiger partial charge is 0.492 e. The Morgan fingerprint density at radius 1 is 1.33 bits per heavy atom. The van der Waals surface area contributed by atoms with Gasteiger partial charge in [-0.25, -0.2) is 0 Å². The van der Waals surface area contributed by atoms with Crippen LogP contribution in [0.5, 0.6) is 5.75 Å². The molecule has 0 bridgehead atoms. The number of fused-ring (bicyclic) bond motifs is 1. The molecule has 1 aliphatic heterocycles. The van der Waals surface area contributed by atoms with Crippen LogP contribution in [0.3, 0.4) is 0 Å². The van der Waals surface area contributed by atoms with Gasteiger partial charge in [0.05, 0.1) is 5.02 Å². The number of nitrogen functional groups attached to an aromatic ring is 1. The topological polar surface area (TPSA) is 59.1 Å². The molecule has 3 rings (SSSR count). The molecule has 0 spiro atoms. The van der Waals surface area contributed by atoms with Gasteiger partial charge in [0.15, 0.2) is 0 Å². The summed E-state index contributed by atoms with van der Waals surface area (Å²) in [5.74, 6) is 0.676. The molecule has 1 heterocycles. The van der Waals surface area contributed by atoms with E-state index < -0.39 is 0 Å². The average molecular weight is 319 g/mol. The van der Waals surface area contributed by atoms with E-state index in [1.54, 1.807) is 18.2 Å². The average Bonchev–Trinajstić information content (AvgIpc) is 2.87. The molecule has 3 N–H and O–H groups in total. The molecule has 21 heavy (non-hydrogen) atoms. The maximum Gasteiger partial charge on any atom is 0.124 e. The molecule has 0 radical (unpaired) electrons. The molecule has 0 aromatic heterocycles. The smallest absolute Gasteiger partial charge is 0.124 e. The van der Waals surface area contributed by atoms with Gasteiger partial charge in [-0.05, 0) is 36.2 Å². The number of nitrogens with one attached hydrogen (secondary N) is 1. The fraction of sp³-hybridized carbons (Fsp3) is 0.188. The van der Waals surface area contributed by atoms with Crippen LogP contribution in [0.15, 0.2) is 47.4 Å². The van der Waals surface area contributed by atoms with Gasteiger partial charge in [0.2, 0.25) is 0 Å². The van der Waals surface area contributed by atoms with Gasteiger partial charge in [-0.15, -0.1) is 11.8 Å². The second-order valence-corrected chi connectivity index (χ2v) is 6.67. The lowest BCUT2D eigenvalue weighted by atomic mass is 10.1. The van der Waals surface area contributed by atoms with Crippen molar-refractivity contribution in [3.8, 4) is 5.75 Å². The Kier molecular flexibility index (Phi) is 4.08. The highest BCUT2D eigenvalue weighted by Crippen LogP contribution is 2.37. The van der Waals surface area contributed by atoms with Crippen LogP contribution >= 0.6 is 23.4 Å². The van der Waals surface area contributed by atoms with E-state index in [0.29, 0.717) is 28.2 Å². The van der Waals surface area contributed by atoms with E-state index in [0.717, 1.165) is 6.42 Å². The summed E-state index contributed by atoms with van der Waals surface area (Å²) in [5.41, 5.74) is 7.37. The quantitative estimate of drug-likeness (QED) is 0.667. The van der Waals surface area contributed by atoms with Crippen molar-refractivity contribution in [1.29, 1.82) is 5.41 Å². The van der Waals surface area contributed by atoms with Crippen molar-refractivity contribution < 1.29 is 4.74 Å². The molecule has 5 heteroatoms. The number of thioether (sulfide) groups is 1. The zero-order valence-electron chi connectivity index (χ0n) is 11.3. The van der Waals surface area contributed by atoms with Crippen molar-refractivity contribution in [2.45, 2.75) is 16.6 Å². The molecule has 1 aliphatic rings. The van der Waals surface area contributed by atoms with Crippen molar-refractivity contribution in [3.05, 3.63) is 58.6 Å². The predicted octanol–water partition coefficient (Wildman–Crippen LogP) is 3.72. The van der Waals surface area contributed by atoms with Crippen molar-refractivity contribution in [1.82, 2.24) is 0 Å². The van der Waals surface area contributed by atoms with Crippen LogP contribution in [-0.4, -0.2) is 17.7 Å². The second kappa shape index (κ2) is 6.00. The summed E-state index contributed by atoms with van der Waals surface area (Å²) in [6.07, 6.45) is 1.03. The summed E-state index contributed by atoms with van der Waals surface area (Å²) < 4.78 is 5.82. The highest BCUT2D eigenvalue weighted by atomic mass is 35.5. The molecule has 0 saturated carbocycles. The molecule has 0 amide bonds. The zero-order valence-corrected chi connectivity index (χ0v) is 12.9. The lowest BCUT2D eigenvalue weighted by molar-refractivity contribution is 0.317. The number of nitrogens with two attached hydrogens (primary N) is 1. The highest BCUT2D eigenvalue weighted by molar-refractivity contribution is 8.00. The molecule has 3 nitrogen and oxygen atoms in total. The summed E-state index contributed by atoms with van der Waals surface area (Å²) in [4.78, 5) is 1.34. The normalized spacial score (nSPS) is 16.5. The molecular weight excluding hydrogens is 304 g/mol. The van der Waals surface area contributed by atoms with E-state index in [1.807, 2.05) is 11.8 Å². The lowest BCUT2D eigenvalue weighted by Crippen LogP contribution is -2.14. The third-order valence-electron chi connectivity index (χ3n) is 3.38. The third kappa shape index (κ3) is 3.17. The molecule has 0 fully saturated rings. The van der Waals surface area contributed by atoms with Crippen molar-refractivity contribution in [2.75, 3.05) is 6.61 Å². The van der Waals surface area contributed by atoms with Crippen LogP contribution in [0.2, 0.25) is 5.02 Å². The summed E-state index contributed by atoms with van der Waals surface area (Å²) >= 11 is 7.94. The van der Waals surface area contributed by atoms with Gasteiger partial charge in [-0.3, -0.25) is 5.41 Å². The van der Waals surface area contributed by atoms with E-state index in [9.17, 15) is 0 Å². The Hall–Kier alpha value is -1.65. The first-order valence-corrected chi connectivity index (χ1v) is 7.90. The number of amidine groups is 1. The monoisotopic (exact) mass is 318 g/mol. The van der Waals surface area contributed by atoms with Gasteiger partial charge < -0.3 is 10.5 Å². The minimum absolute atomic E-state index is 0.0339. The fourth-order valence-electron chi connectivity index (χ4n) is 2.34. The Morgan fingerprint density at radius 3 is 2.86 bits per heavy atom.